The molecule has 1 N–H and O–H groups in total. The van der Waals surface area contributed by atoms with Gasteiger partial charge in [-0.1, -0.05) is 0 Å². The van der Waals surface area contributed by atoms with Crippen LogP contribution in [0.4, 0.5) is 10.1 Å². The number of nitrogens with zero attached hydrogens (tertiary/aromatic N) is 1. The monoisotopic (exact) mass is 220 g/mol. The zero-order chi connectivity index (χ0) is 11.0. The second kappa shape index (κ2) is 4.06. The molecule has 3 rings (SSSR count). The van der Waals surface area contributed by atoms with E-state index in [9.17, 15) is 4.39 Å². The van der Waals surface area contributed by atoms with Crippen LogP contribution in [0, 0.1) is 11.7 Å². The van der Waals surface area contributed by atoms with Gasteiger partial charge >= 0.3 is 0 Å². The van der Waals surface area contributed by atoms with Gasteiger partial charge in [-0.15, -0.1) is 0 Å². The molecule has 0 aliphatic carbocycles. The van der Waals surface area contributed by atoms with Crippen LogP contribution in [0.1, 0.15) is 12.8 Å². The molecule has 2 fully saturated rings. The molecule has 1 aromatic carbocycles. The van der Waals surface area contributed by atoms with E-state index in [1.165, 1.54) is 18.5 Å². The Labute approximate surface area is 95.4 Å². The maximum absolute atomic E-state index is 12.9. The van der Waals surface area contributed by atoms with Crippen molar-refractivity contribution in [2.24, 2.45) is 5.92 Å². The zero-order valence-electron chi connectivity index (χ0n) is 9.32. The second-order valence-corrected chi connectivity index (χ2v) is 4.78. The molecule has 0 unspecified atom stereocenters. The number of hydrogen-bond acceptors (Lipinski definition) is 2. The first-order chi connectivity index (χ1) is 7.84. The molecule has 0 bridgehead atoms. The lowest BCUT2D eigenvalue weighted by Crippen LogP contribution is -2.43. The highest BCUT2D eigenvalue weighted by Crippen LogP contribution is 2.32. The summed E-state index contributed by atoms with van der Waals surface area (Å²) >= 11 is 0. The quantitative estimate of drug-likeness (QED) is 0.779. The Hall–Kier alpha value is -1.09. The Bertz CT molecular complexity index is 363. The van der Waals surface area contributed by atoms with E-state index in [-0.39, 0.29) is 5.82 Å². The first kappa shape index (κ1) is 10.1. The molecule has 0 aromatic heterocycles. The maximum atomic E-state index is 12.9. The molecule has 3 heteroatoms. The molecule has 2 saturated heterocycles. The van der Waals surface area contributed by atoms with Crippen molar-refractivity contribution in [1.82, 2.24) is 5.32 Å². The summed E-state index contributed by atoms with van der Waals surface area (Å²) in [6.07, 6.45) is 2.47. The minimum Gasteiger partial charge on any atom is -0.368 e. The van der Waals surface area contributed by atoms with Crippen molar-refractivity contribution in [1.29, 1.82) is 0 Å². The molecule has 2 heterocycles. The van der Waals surface area contributed by atoms with E-state index in [0.717, 1.165) is 25.6 Å². The van der Waals surface area contributed by atoms with E-state index in [1.807, 2.05) is 12.1 Å². The molecule has 0 amide bonds. The lowest BCUT2D eigenvalue weighted by atomic mass is 9.94. The van der Waals surface area contributed by atoms with Crippen LogP contribution in [0.2, 0.25) is 0 Å². The van der Waals surface area contributed by atoms with Gasteiger partial charge in [0.25, 0.3) is 0 Å². The van der Waals surface area contributed by atoms with Crippen molar-refractivity contribution in [3.63, 3.8) is 0 Å². The molecule has 2 nitrogen and oxygen atoms in total. The number of rotatable bonds is 1. The van der Waals surface area contributed by atoms with Crippen molar-refractivity contribution in [3.05, 3.63) is 30.1 Å². The molecule has 86 valence electrons. The van der Waals surface area contributed by atoms with Crippen LogP contribution in [0.3, 0.4) is 0 Å². The van der Waals surface area contributed by atoms with Crippen molar-refractivity contribution in [2.75, 3.05) is 24.5 Å². The molecule has 2 aliphatic heterocycles. The number of piperidine rings is 1. The molecule has 0 radical (unpaired) electrons. The molecule has 2 atom stereocenters. The van der Waals surface area contributed by atoms with E-state index >= 15 is 0 Å². The Kier molecular flexibility index (Phi) is 2.56. The van der Waals surface area contributed by atoms with Crippen molar-refractivity contribution in [3.8, 4) is 0 Å². The van der Waals surface area contributed by atoms with Crippen molar-refractivity contribution < 1.29 is 4.39 Å². The van der Waals surface area contributed by atoms with Gasteiger partial charge < -0.3 is 10.2 Å². The van der Waals surface area contributed by atoms with Crippen LogP contribution in [0.25, 0.3) is 0 Å². The smallest absolute Gasteiger partial charge is 0.123 e. The highest BCUT2D eigenvalue weighted by Gasteiger charge is 2.35. The summed E-state index contributed by atoms with van der Waals surface area (Å²) < 4.78 is 12.9. The fourth-order valence-corrected chi connectivity index (χ4v) is 3.04. The molecule has 0 saturated carbocycles. The van der Waals surface area contributed by atoms with Crippen LogP contribution in [-0.2, 0) is 0 Å². The molecular weight excluding hydrogens is 203 g/mol. The highest BCUT2D eigenvalue weighted by molar-refractivity contribution is 5.48. The third kappa shape index (κ3) is 1.69. The van der Waals surface area contributed by atoms with E-state index in [4.69, 9.17) is 0 Å². The highest BCUT2D eigenvalue weighted by atomic mass is 19.1. The normalized spacial score (nSPS) is 29.2. The minimum absolute atomic E-state index is 0.148. The average molecular weight is 220 g/mol. The third-order valence-corrected chi connectivity index (χ3v) is 3.87. The van der Waals surface area contributed by atoms with Crippen LogP contribution in [0.15, 0.2) is 24.3 Å². The van der Waals surface area contributed by atoms with Gasteiger partial charge in [-0.2, -0.15) is 0 Å². The van der Waals surface area contributed by atoms with Crippen molar-refractivity contribution >= 4 is 5.69 Å². The fraction of sp³-hybridized carbons (Fsp3) is 0.538. The first-order valence-corrected chi connectivity index (χ1v) is 6.07. The summed E-state index contributed by atoms with van der Waals surface area (Å²) in [5, 5.41) is 3.45. The topological polar surface area (TPSA) is 15.3 Å². The van der Waals surface area contributed by atoms with Crippen LogP contribution < -0.4 is 10.2 Å². The lowest BCUT2D eigenvalue weighted by molar-refractivity contribution is 0.361. The summed E-state index contributed by atoms with van der Waals surface area (Å²) in [5.41, 5.74) is 1.18. The Balaban J connectivity index is 1.82. The number of fused-ring (bicyclic) bond motifs is 1. The molecule has 16 heavy (non-hydrogen) atoms. The van der Waals surface area contributed by atoms with Crippen molar-refractivity contribution in [2.45, 2.75) is 18.9 Å². The summed E-state index contributed by atoms with van der Waals surface area (Å²) in [4.78, 5) is 2.45. The van der Waals surface area contributed by atoms with Gasteiger partial charge in [-0.25, -0.2) is 4.39 Å². The molecular formula is C13H17FN2. The number of anilines is 1. The molecule has 1 aromatic rings. The van der Waals surface area contributed by atoms with Gasteiger partial charge in [0.2, 0.25) is 0 Å². The summed E-state index contributed by atoms with van der Waals surface area (Å²) in [7, 11) is 0. The van der Waals surface area contributed by atoms with E-state index in [2.05, 4.69) is 10.2 Å². The summed E-state index contributed by atoms with van der Waals surface area (Å²) in [6.45, 7) is 3.36. The first-order valence-electron chi connectivity index (χ1n) is 6.07. The zero-order valence-corrected chi connectivity index (χ0v) is 9.32. The number of halogens is 1. The van der Waals surface area contributed by atoms with Gasteiger partial charge in [0.1, 0.15) is 5.82 Å². The summed E-state index contributed by atoms with van der Waals surface area (Å²) in [6, 6.07) is 7.58. The molecule has 0 spiro atoms. The van der Waals surface area contributed by atoms with Gasteiger partial charge in [0, 0.05) is 18.3 Å². The third-order valence-electron chi connectivity index (χ3n) is 3.87. The van der Waals surface area contributed by atoms with Gasteiger partial charge in [0.15, 0.2) is 0 Å². The predicted octanol–water partition coefficient (Wildman–Crippen LogP) is 2.01. The SMILES string of the molecule is Fc1ccc(N2CC[C@@H]3CNCC[C@@H]32)cc1. The largest absolute Gasteiger partial charge is 0.368 e. The Morgan fingerprint density at radius 1 is 1.19 bits per heavy atom. The number of benzene rings is 1. The Morgan fingerprint density at radius 2 is 2.00 bits per heavy atom. The number of nitrogens with one attached hydrogen (secondary N) is 1. The van der Waals surface area contributed by atoms with Crippen LogP contribution >= 0.6 is 0 Å². The minimum atomic E-state index is -0.148. The lowest BCUT2D eigenvalue weighted by Gasteiger charge is -2.33. The van der Waals surface area contributed by atoms with E-state index in [0.29, 0.717) is 6.04 Å². The van der Waals surface area contributed by atoms with Gasteiger partial charge in [-0.3, -0.25) is 0 Å². The Morgan fingerprint density at radius 3 is 2.81 bits per heavy atom. The molecule has 2 aliphatic rings. The fourth-order valence-electron chi connectivity index (χ4n) is 3.04. The van der Waals surface area contributed by atoms with Crippen LogP contribution in [-0.4, -0.2) is 25.7 Å². The van der Waals surface area contributed by atoms with Gasteiger partial charge in [0.05, 0.1) is 0 Å². The van der Waals surface area contributed by atoms with E-state index < -0.39 is 0 Å². The van der Waals surface area contributed by atoms with E-state index in [1.54, 1.807) is 12.1 Å². The summed E-state index contributed by atoms with van der Waals surface area (Å²) in [5.74, 6) is 0.628. The standard InChI is InChI=1S/C13H17FN2/c14-11-1-3-12(4-2-11)16-8-6-10-9-15-7-5-13(10)16/h1-4,10,13,15H,5-9H2/t10-,13+/m1/s1. The average Bonchev–Trinajstić information content (AvgIpc) is 2.74. The maximum Gasteiger partial charge on any atom is 0.123 e. The van der Waals surface area contributed by atoms with Crippen LogP contribution in [0.5, 0.6) is 0 Å². The van der Waals surface area contributed by atoms with Gasteiger partial charge in [-0.05, 0) is 56.1 Å². The second-order valence-electron chi connectivity index (χ2n) is 4.78. The number of hydrogen-bond donors (Lipinski definition) is 1. The predicted molar refractivity (Wildman–Crippen MR) is 63.1 cm³/mol.